The number of aromatic nitrogens is 1. The summed E-state index contributed by atoms with van der Waals surface area (Å²) in [6.45, 7) is 8.57. The molecule has 2 aromatic rings. The maximum atomic E-state index is 12.4. The van der Waals surface area contributed by atoms with Crippen molar-refractivity contribution in [1.82, 2.24) is 20.1 Å². The van der Waals surface area contributed by atoms with Crippen LogP contribution in [0.25, 0.3) is 0 Å². The average molecular weight is 517 g/mol. The SMILES string of the molecule is CCNC(=NCCc1csc(CC)n1)N1CCN(C(=O)c2ccco2)CC1.I. The molecule has 3 rings (SSSR count). The number of nitrogens with one attached hydrogen (secondary N) is 1. The zero-order valence-corrected chi connectivity index (χ0v) is 19.5. The van der Waals surface area contributed by atoms with Crippen molar-refractivity contribution in [3.05, 3.63) is 40.2 Å². The molecule has 1 saturated heterocycles. The van der Waals surface area contributed by atoms with Gasteiger partial charge in [0.25, 0.3) is 5.91 Å². The van der Waals surface area contributed by atoms with E-state index in [1.54, 1.807) is 23.5 Å². The van der Waals surface area contributed by atoms with Crippen LogP contribution in [0.4, 0.5) is 0 Å². The van der Waals surface area contributed by atoms with Crippen LogP contribution in [0.2, 0.25) is 0 Å². The molecule has 0 saturated carbocycles. The smallest absolute Gasteiger partial charge is 0.289 e. The Morgan fingerprint density at radius 3 is 2.64 bits per heavy atom. The lowest BCUT2D eigenvalue weighted by atomic mass is 10.3. The van der Waals surface area contributed by atoms with Crippen LogP contribution in [0.1, 0.15) is 35.1 Å². The number of carbonyl (C=O) groups is 1. The molecule has 9 heteroatoms. The van der Waals surface area contributed by atoms with E-state index in [1.807, 2.05) is 4.90 Å². The van der Waals surface area contributed by atoms with Gasteiger partial charge in [-0.15, -0.1) is 35.3 Å². The minimum atomic E-state index is -0.0446. The Balaban J connectivity index is 0.00000280. The highest BCUT2D eigenvalue weighted by molar-refractivity contribution is 14.0. The lowest BCUT2D eigenvalue weighted by molar-refractivity contribution is 0.0657. The topological polar surface area (TPSA) is 74.0 Å². The van der Waals surface area contributed by atoms with Crippen LogP contribution in [0.15, 0.2) is 33.2 Å². The third-order valence-electron chi connectivity index (χ3n) is 4.46. The highest BCUT2D eigenvalue weighted by Gasteiger charge is 2.25. The number of aliphatic imine (C=N–C) groups is 1. The number of halogens is 1. The summed E-state index contributed by atoms with van der Waals surface area (Å²) < 4.78 is 5.22. The molecule has 1 N–H and O–H groups in total. The highest BCUT2D eigenvalue weighted by Crippen LogP contribution is 2.12. The summed E-state index contributed by atoms with van der Waals surface area (Å²) >= 11 is 1.72. The second-order valence-corrected chi connectivity index (χ2v) is 7.27. The van der Waals surface area contributed by atoms with Crippen molar-refractivity contribution in [3.63, 3.8) is 0 Å². The molecule has 0 unspecified atom stereocenters. The van der Waals surface area contributed by atoms with Crippen molar-refractivity contribution in [2.24, 2.45) is 4.99 Å². The molecule has 0 aromatic carbocycles. The molecule has 0 radical (unpaired) electrons. The van der Waals surface area contributed by atoms with Crippen LogP contribution in [0.5, 0.6) is 0 Å². The minimum absolute atomic E-state index is 0. The Kier molecular flexibility index (Phi) is 9.23. The largest absolute Gasteiger partial charge is 0.459 e. The third-order valence-corrected chi connectivity index (χ3v) is 5.51. The summed E-state index contributed by atoms with van der Waals surface area (Å²) in [6.07, 6.45) is 3.37. The van der Waals surface area contributed by atoms with E-state index in [-0.39, 0.29) is 29.9 Å². The van der Waals surface area contributed by atoms with Gasteiger partial charge in [-0.1, -0.05) is 6.92 Å². The van der Waals surface area contributed by atoms with Gasteiger partial charge >= 0.3 is 0 Å². The molecular formula is C19H28IN5O2S. The van der Waals surface area contributed by atoms with Crippen molar-refractivity contribution >= 4 is 47.2 Å². The van der Waals surface area contributed by atoms with Gasteiger partial charge in [0.1, 0.15) is 0 Å². The fraction of sp³-hybridized carbons (Fsp3) is 0.526. The van der Waals surface area contributed by atoms with Gasteiger partial charge in [-0.05, 0) is 25.5 Å². The van der Waals surface area contributed by atoms with Gasteiger partial charge in [0.15, 0.2) is 11.7 Å². The lowest BCUT2D eigenvalue weighted by Gasteiger charge is -2.36. The van der Waals surface area contributed by atoms with Crippen LogP contribution in [0, 0.1) is 0 Å². The monoisotopic (exact) mass is 517 g/mol. The first kappa shape index (κ1) is 22.7. The van der Waals surface area contributed by atoms with Crippen LogP contribution in [-0.2, 0) is 12.8 Å². The molecule has 0 atom stereocenters. The Labute approximate surface area is 187 Å². The van der Waals surface area contributed by atoms with E-state index in [0.717, 1.165) is 44.1 Å². The maximum absolute atomic E-state index is 12.4. The Hall–Kier alpha value is -1.62. The van der Waals surface area contributed by atoms with Crippen molar-refractivity contribution in [1.29, 1.82) is 0 Å². The first-order chi connectivity index (χ1) is 13.2. The molecule has 0 spiro atoms. The summed E-state index contributed by atoms with van der Waals surface area (Å²) in [5.41, 5.74) is 1.12. The van der Waals surface area contributed by atoms with Crippen LogP contribution in [0.3, 0.4) is 0 Å². The van der Waals surface area contributed by atoms with Crippen molar-refractivity contribution in [2.45, 2.75) is 26.7 Å². The number of rotatable bonds is 6. The molecule has 7 nitrogen and oxygen atoms in total. The van der Waals surface area contributed by atoms with Gasteiger partial charge in [0, 0.05) is 51.1 Å². The van der Waals surface area contributed by atoms with E-state index in [0.29, 0.717) is 25.4 Å². The number of hydrogen-bond donors (Lipinski definition) is 1. The number of thiazole rings is 1. The van der Waals surface area contributed by atoms with Gasteiger partial charge in [0.2, 0.25) is 0 Å². The normalized spacial score (nSPS) is 14.7. The number of carbonyl (C=O) groups excluding carboxylic acids is 1. The number of nitrogens with zero attached hydrogens (tertiary/aromatic N) is 4. The standard InChI is InChI=1S/C19H27N5O2S.HI/c1-3-17-22-15(14-27-17)7-8-21-19(20-4-2)24-11-9-23(10-12-24)18(25)16-6-5-13-26-16;/h5-6,13-14H,3-4,7-12H2,1-2H3,(H,20,21);1H. The summed E-state index contributed by atoms with van der Waals surface area (Å²) in [6, 6.07) is 3.45. The quantitative estimate of drug-likeness (QED) is 0.363. The van der Waals surface area contributed by atoms with E-state index in [4.69, 9.17) is 9.41 Å². The van der Waals surface area contributed by atoms with Gasteiger partial charge in [-0.25, -0.2) is 4.98 Å². The molecule has 1 aliphatic rings. The van der Waals surface area contributed by atoms with Crippen molar-refractivity contribution < 1.29 is 9.21 Å². The van der Waals surface area contributed by atoms with Crippen molar-refractivity contribution in [3.8, 4) is 0 Å². The predicted octanol–water partition coefficient (Wildman–Crippen LogP) is 2.88. The van der Waals surface area contributed by atoms with E-state index in [1.165, 1.54) is 11.3 Å². The lowest BCUT2D eigenvalue weighted by Crippen LogP contribution is -2.53. The number of aryl methyl sites for hydroxylation is 1. The first-order valence-electron chi connectivity index (χ1n) is 9.50. The molecule has 154 valence electrons. The van der Waals surface area contributed by atoms with Crippen LogP contribution >= 0.6 is 35.3 Å². The summed E-state index contributed by atoms with van der Waals surface area (Å²) in [5.74, 6) is 1.27. The molecule has 1 amide bonds. The molecule has 0 bridgehead atoms. The van der Waals surface area contributed by atoms with Crippen molar-refractivity contribution in [2.75, 3.05) is 39.3 Å². The van der Waals surface area contributed by atoms with Gasteiger partial charge < -0.3 is 19.5 Å². The third kappa shape index (κ3) is 5.94. The summed E-state index contributed by atoms with van der Waals surface area (Å²) in [7, 11) is 0. The fourth-order valence-corrected chi connectivity index (χ4v) is 3.78. The van der Waals surface area contributed by atoms with E-state index in [9.17, 15) is 4.79 Å². The maximum Gasteiger partial charge on any atom is 0.289 e. The Bertz CT molecular complexity index is 754. The Morgan fingerprint density at radius 2 is 2.04 bits per heavy atom. The molecular weight excluding hydrogens is 489 g/mol. The number of amides is 1. The molecule has 2 aromatic heterocycles. The second kappa shape index (κ2) is 11.4. The zero-order valence-electron chi connectivity index (χ0n) is 16.4. The van der Waals surface area contributed by atoms with Gasteiger partial charge in [0.05, 0.1) is 17.0 Å². The first-order valence-corrected chi connectivity index (χ1v) is 10.4. The molecule has 28 heavy (non-hydrogen) atoms. The van der Waals surface area contributed by atoms with Crippen LogP contribution < -0.4 is 5.32 Å². The highest BCUT2D eigenvalue weighted by atomic mass is 127. The molecule has 1 fully saturated rings. The average Bonchev–Trinajstić information content (AvgIpc) is 3.39. The predicted molar refractivity (Wildman–Crippen MR) is 123 cm³/mol. The van der Waals surface area contributed by atoms with E-state index < -0.39 is 0 Å². The summed E-state index contributed by atoms with van der Waals surface area (Å²) in [5, 5.41) is 6.67. The zero-order chi connectivity index (χ0) is 19.1. The number of piperazine rings is 1. The van der Waals surface area contributed by atoms with E-state index in [2.05, 4.69) is 34.4 Å². The Morgan fingerprint density at radius 1 is 1.29 bits per heavy atom. The fourth-order valence-electron chi connectivity index (χ4n) is 3.01. The molecule has 3 heterocycles. The number of furan rings is 1. The van der Waals surface area contributed by atoms with Gasteiger partial charge in [-0.2, -0.15) is 0 Å². The summed E-state index contributed by atoms with van der Waals surface area (Å²) in [4.78, 5) is 25.8. The van der Waals surface area contributed by atoms with E-state index >= 15 is 0 Å². The number of guanidine groups is 1. The van der Waals surface area contributed by atoms with Crippen LogP contribution in [-0.4, -0.2) is 65.9 Å². The van der Waals surface area contributed by atoms with Gasteiger partial charge in [-0.3, -0.25) is 9.79 Å². The minimum Gasteiger partial charge on any atom is -0.459 e. The number of hydrogen-bond acceptors (Lipinski definition) is 5. The molecule has 1 aliphatic heterocycles. The second-order valence-electron chi connectivity index (χ2n) is 6.33. The molecule has 0 aliphatic carbocycles.